The third kappa shape index (κ3) is 4.03. The Hall–Kier alpha value is -2.45. The van der Waals surface area contributed by atoms with E-state index in [0.29, 0.717) is 9.75 Å². The number of nitrogens with zero attached hydrogens (tertiary/aromatic N) is 3. The highest BCUT2D eigenvalue weighted by Crippen LogP contribution is 2.25. The Labute approximate surface area is 159 Å². The Balaban J connectivity index is 1.64. The number of hydrogen-bond donors (Lipinski definition) is 1. The number of aryl methyl sites for hydroxylation is 1. The Kier molecular flexibility index (Phi) is 5.53. The van der Waals surface area contributed by atoms with Crippen molar-refractivity contribution in [3.63, 3.8) is 0 Å². The van der Waals surface area contributed by atoms with Crippen molar-refractivity contribution < 1.29 is 9.59 Å². The Bertz CT molecular complexity index is 932. The first-order valence-electron chi connectivity index (χ1n) is 8.10. The molecule has 3 rings (SSSR count). The lowest BCUT2D eigenvalue weighted by Crippen LogP contribution is -2.28. The third-order valence-corrected chi connectivity index (χ3v) is 6.15. The number of carbonyl (C=O) groups excluding carboxylic acids is 2. The van der Waals surface area contributed by atoms with Crippen LogP contribution in [0.25, 0.3) is 10.6 Å². The maximum absolute atomic E-state index is 12.4. The molecule has 0 atom stereocenters. The topological polar surface area (TPSA) is 84.8 Å². The van der Waals surface area contributed by atoms with Crippen molar-refractivity contribution >= 4 is 34.4 Å². The van der Waals surface area contributed by atoms with Gasteiger partial charge in [-0.15, -0.1) is 22.7 Å². The molecule has 0 aliphatic heterocycles. The molecule has 1 N–H and O–H groups in total. The molecule has 3 aromatic heterocycles. The van der Waals surface area contributed by atoms with Crippen LogP contribution in [0.2, 0.25) is 0 Å². The fourth-order valence-electron chi connectivity index (χ4n) is 2.25. The van der Waals surface area contributed by atoms with E-state index in [4.69, 9.17) is 0 Å². The van der Waals surface area contributed by atoms with E-state index in [-0.39, 0.29) is 24.2 Å². The van der Waals surface area contributed by atoms with Gasteiger partial charge in [0.2, 0.25) is 0 Å². The molecule has 0 aromatic carbocycles. The minimum absolute atomic E-state index is 0.0560. The van der Waals surface area contributed by atoms with Crippen molar-refractivity contribution in [2.24, 2.45) is 0 Å². The Morgan fingerprint density at radius 3 is 2.69 bits per heavy atom. The lowest BCUT2D eigenvalue weighted by atomic mass is 10.2. The highest BCUT2D eigenvalue weighted by molar-refractivity contribution is 7.17. The summed E-state index contributed by atoms with van der Waals surface area (Å²) in [4.78, 5) is 38.5. The van der Waals surface area contributed by atoms with Gasteiger partial charge >= 0.3 is 0 Å². The fourth-order valence-corrected chi connectivity index (χ4v) is 4.08. The van der Waals surface area contributed by atoms with E-state index >= 15 is 0 Å². The van der Waals surface area contributed by atoms with Crippen molar-refractivity contribution in [2.75, 3.05) is 6.54 Å². The number of nitrogens with one attached hydrogen (secondary N) is 1. The van der Waals surface area contributed by atoms with Gasteiger partial charge in [-0.2, -0.15) is 0 Å². The molecule has 0 unspecified atom stereocenters. The summed E-state index contributed by atoms with van der Waals surface area (Å²) in [6, 6.07) is 3.70. The quantitative estimate of drug-likeness (QED) is 0.653. The van der Waals surface area contributed by atoms with E-state index in [9.17, 15) is 9.59 Å². The zero-order chi connectivity index (χ0) is 18.7. The van der Waals surface area contributed by atoms with Gasteiger partial charge in [0.1, 0.15) is 9.88 Å². The van der Waals surface area contributed by atoms with Crippen LogP contribution in [0.1, 0.15) is 49.8 Å². The second-order valence-corrected chi connectivity index (χ2v) is 8.06. The molecule has 3 heterocycles. The van der Waals surface area contributed by atoms with Crippen LogP contribution < -0.4 is 5.32 Å². The predicted molar refractivity (Wildman–Crippen MR) is 103 cm³/mol. The summed E-state index contributed by atoms with van der Waals surface area (Å²) < 4.78 is 0. The molecule has 0 radical (unpaired) electrons. The lowest BCUT2D eigenvalue weighted by molar-refractivity contribution is 0.0907. The number of aromatic nitrogens is 3. The van der Waals surface area contributed by atoms with Crippen LogP contribution >= 0.6 is 22.7 Å². The van der Waals surface area contributed by atoms with Crippen LogP contribution in [0, 0.1) is 6.92 Å². The monoisotopic (exact) mass is 386 g/mol. The molecule has 3 aromatic rings. The van der Waals surface area contributed by atoms with Crippen molar-refractivity contribution in [2.45, 2.75) is 26.7 Å². The molecule has 0 saturated heterocycles. The number of thiazole rings is 2. The minimum Gasteiger partial charge on any atom is -0.344 e. The number of pyridine rings is 1. The SMILES string of the molecule is Cc1nc(C(C)C)sc1C(=O)CNC(=O)c1cnc(-c2cccnc2)s1. The van der Waals surface area contributed by atoms with Crippen LogP contribution in [0.5, 0.6) is 0 Å². The van der Waals surface area contributed by atoms with Gasteiger partial charge in [-0.25, -0.2) is 9.97 Å². The number of Topliss-reactive ketones (excluding diaryl/α,β-unsaturated/α-hetero) is 1. The van der Waals surface area contributed by atoms with E-state index in [1.165, 1.54) is 28.9 Å². The second-order valence-electron chi connectivity index (χ2n) is 6.00. The van der Waals surface area contributed by atoms with Crippen LogP contribution in [0.3, 0.4) is 0 Å². The smallest absolute Gasteiger partial charge is 0.263 e. The molecule has 1 amide bonds. The molecule has 134 valence electrons. The van der Waals surface area contributed by atoms with Gasteiger partial charge in [0.15, 0.2) is 5.78 Å². The average molecular weight is 387 g/mol. The summed E-state index contributed by atoms with van der Waals surface area (Å²) in [5, 5.41) is 4.32. The van der Waals surface area contributed by atoms with E-state index in [1.54, 1.807) is 12.4 Å². The van der Waals surface area contributed by atoms with Gasteiger partial charge in [0.05, 0.1) is 28.3 Å². The first-order chi connectivity index (χ1) is 12.5. The summed E-state index contributed by atoms with van der Waals surface area (Å²) >= 11 is 2.66. The molecule has 0 aliphatic carbocycles. The molecular formula is C18H18N4O2S2. The fraction of sp³-hybridized carbons (Fsp3) is 0.278. The van der Waals surface area contributed by atoms with Gasteiger partial charge in [0.25, 0.3) is 5.91 Å². The number of carbonyl (C=O) groups is 2. The highest BCUT2D eigenvalue weighted by atomic mass is 32.1. The number of ketones is 1. The molecular weight excluding hydrogens is 368 g/mol. The van der Waals surface area contributed by atoms with Crippen molar-refractivity contribution in [1.82, 2.24) is 20.3 Å². The largest absolute Gasteiger partial charge is 0.344 e. The predicted octanol–water partition coefficient (Wildman–Crippen LogP) is 3.71. The second kappa shape index (κ2) is 7.84. The summed E-state index contributed by atoms with van der Waals surface area (Å²) in [6.45, 7) is 5.84. The van der Waals surface area contributed by atoms with E-state index in [1.807, 2.05) is 32.9 Å². The molecule has 8 heteroatoms. The zero-order valence-electron chi connectivity index (χ0n) is 14.6. The molecule has 0 bridgehead atoms. The summed E-state index contributed by atoms with van der Waals surface area (Å²) in [5.41, 5.74) is 1.57. The molecule has 0 spiro atoms. The van der Waals surface area contributed by atoms with E-state index < -0.39 is 0 Å². The molecule has 0 fully saturated rings. The molecule has 0 saturated carbocycles. The standard InChI is InChI=1S/C18H18N4O2S2/c1-10(2)17-22-11(3)15(26-17)13(23)8-20-16(24)14-9-21-18(25-14)12-5-4-6-19-7-12/h4-7,9-10H,8H2,1-3H3,(H,20,24). The maximum Gasteiger partial charge on any atom is 0.263 e. The van der Waals surface area contributed by atoms with Gasteiger partial charge in [0, 0.05) is 23.9 Å². The summed E-state index contributed by atoms with van der Waals surface area (Å²) in [7, 11) is 0. The molecule has 6 nitrogen and oxygen atoms in total. The number of rotatable bonds is 6. The first-order valence-corrected chi connectivity index (χ1v) is 9.74. The van der Waals surface area contributed by atoms with Gasteiger partial charge in [-0.05, 0) is 19.1 Å². The normalized spacial score (nSPS) is 10.9. The van der Waals surface area contributed by atoms with E-state index in [0.717, 1.165) is 21.3 Å². The molecule has 0 aliphatic rings. The van der Waals surface area contributed by atoms with Crippen molar-refractivity contribution in [1.29, 1.82) is 0 Å². The van der Waals surface area contributed by atoms with Crippen LogP contribution in [-0.4, -0.2) is 33.2 Å². The van der Waals surface area contributed by atoms with Gasteiger partial charge < -0.3 is 5.32 Å². The summed E-state index contributed by atoms with van der Waals surface area (Å²) in [6.07, 6.45) is 4.90. The van der Waals surface area contributed by atoms with E-state index in [2.05, 4.69) is 20.3 Å². The van der Waals surface area contributed by atoms with Gasteiger partial charge in [-0.1, -0.05) is 13.8 Å². The third-order valence-electron chi connectivity index (χ3n) is 3.61. The number of amides is 1. The number of hydrogen-bond acceptors (Lipinski definition) is 7. The molecule has 26 heavy (non-hydrogen) atoms. The maximum atomic E-state index is 12.4. The van der Waals surface area contributed by atoms with Crippen LogP contribution in [-0.2, 0) is 0 Å². The van der Waals surface area contributed by atoms with Crippen molar-refractivity contribution in [3.05, 3.63) is 51.2 Å². The lowest BCUT2D eigenvalue weighted by Gasteiger charge is -2.01. The first kappa shape index (κ1) is 18.3. The Morgan fingerprint density at radius 2 is 2.04 bits per heavy atom. The zero-order valence-corrected chi connectivity index (χ0v) is 16.3. The van der Waals surface area contributed by atoms with Crippen LogP contribution in [0.4, 0.5) is 0 Å². The van der Waals surface area contributed by atoms with Crippen LogP contribution in [0.15, 0.2) is 30.7 Å². The Morgan fingerprint density at radius 1 is 1.23 bits per heavy atom. The minimum atomic E-state index is -0.308. The highest BCUT2D eigenvalue weighted by Gasteiger charge is 2.18. The van der Waals surface area contributed by atoms with Gasteiger partial charge in [-0.3, -0.25) is 14.6 Å². The van der Waals surface area contributed by atoms with Crippen molar-refractivity contribution in [3.8, 4) is 10.6 Å². The average Bonchev–Trinajstić information content (AvgIpc) is 3.27. The summed E-state index contributed by atoms with van der Waals surface area (Å²) in [5.74, 6) is -0.160.